The van der Waals surface area contributed by atoms with Gasteiger partial charge in [0.2, 0.25) is 5.76 Å². The fourth-order valence-corrected chi connectivity index (χ4v) is 1.57. The summed E-state index contributed by atoms with van der Waals surface area (Å²) in [6.07, 6.45) is 3.77. The minimum Gasteiger partial charge on any atom is -0.463 e. The molecule has 90 valence electrons. The molecule has 0 aromatic carbocycles. The van der Waals surface area contributed by atoms with Crippen LogP contribution < -0.4 is 5.32 Å². The zero-order valence-corrected chi connectivity index (χ0v) is 10.1. The van der Waals surface area contributed by atoms with Gasteiger partial charge in [0, 0.05) is 18.2 Å². The molecule has 1 atom stereocenters. The summed E-state index contributed by atoms with van der Waals surface area (Å²) < 4.78 is 9.72. The van der Waals surface area contributed by atoms with Gasteiger partial charge in [-0.05, 0) is 19.4 Å². The van der Waals surface area contributed by atoms with Crippen molar-refractivity contribution < 1.29 is 13.9 Å². The molecular weight excluding hydrogens is 206 g/mol. The normalized spacial score (nSPS) is 12.4. The third-order valence-electron chi connectivity index (χ3n) is 2.48. The Balaban J connectivity index is 2.54. The largest absolute Gasteiger partial charge is 0.463 e. The molecule has 0 bridgehead atoms. The first kappa shape index (κ1) is 12.8. The van der Waals surface area contributed by atoms with E-state index in [1.165, 1.54) is 13.4 Å². The molecule has 0 spiro atoms. The maximum Gasteiger partial charge on any atom is 0.374 e. The first-order valence-corrected chi connectivity index (χ1v) is 5.57. The van der Waals surface area contributed by atoms with Crippen molar-refractivity contribution in [2.75, 3.05) is 7.11 Å². The maximum absolute atomic E-state index is 11.3. The van der Waals surface area contributed by atoms with Crippen molar-refractivity contribution in [1.82, 2.24) is 5.32 Å². The van der Waals surface area contributed by atoms with E-state index in [1.807, 2.05) is 0 Å². The molecule has 0 fully saturated rings. The molecule has 1 aromatic rings. The molecule has 1 N–H and O–H groups in total. The van der Waals surface area contributed by atoms with Crippen molar-refractivity contribution in [1.29, 1.82) is 0 Å². The lowest BCUT2D eigenvalue weighted by atomic mass is 10.2. The highest BCUT2D eigenvalue weighted by molar-refractivity contribution is 5.87. The van der Waals surface area contributed by atoms with Crippen LogP contribution in [-0.2, 0) is 11.3 Å². The van der Waals surface area contributed by atoms with Crippen molar-refractivity contribution in [3.63, 3.8) is 0 Å². The van der Waals surface area contributed by atoms with E-state index in [0.717, 1.165) is 18.4 Å². The monoisotopic (exact) mass is 225 g/mol. The van der Waals surface area contributed by atoms with Crippen molar-refractivity contribution >= 4 is 5.97 Å². The highest BCUT2D eigenvalue weighted by Gasteiger charge is 2.15. The van der Waals surface area contributed by atoms with Crippen LogP contribution in [0.1, 0.15) is 42.8 Å². The molecule has 16 heavy (non-hydrogen) atoms. The van der Waals surface area contributed by atoms with Gasteiger partial charge in [-0.15, -0.1) is 0 Å². The number of hydrogen-bond donors (Lipinski definition) is 1. The molecule has 1 heterocycles. The van der Waals surface area contributed by atoms with Gasteiger partial charge in [0.15, 0.2) is 0 Å². The lowest BCUT2D eigenvalue weighted by molar-refractivity contribution is 0.0563. The predicted molar refractivity (Wildman–Crippen MR) is 61.3 cm³/mol. The maximum atomic E-state index is 11.3. The van der Waals surface area contributed by atoms with E-state index in [2.05, 4.69) is 23.9 Å². The van der Waals surface area contributed by atoms with Crippen molar-refractivity contribution in [2.45, 2.75) is 39.3 Å². The molecule has 1 rings (SSSR count). The number of nitrogens with one attached hydrogen (secondary N) is 1. The molecule has 0 amide bonds. The molecule has 4 heteroatoms. The highest BCUT2D eigenvalue weighted by atomic mass is 16.5. The zero-order valence-electron chi connectivity index (χ0n) is 10.1. The Hall–Kier alpha value is -1.29. The number of furan rings is 1. The Bertz CT molecular complexity index is 333. The van der Waals surface area contributed by atoms with E-state index in [1.54, 1.807) is 6.07 Å². The fraction of sp³-hybridized carbons (Fsp3) is 0.583. The average Bonchev–Trinajstić information content (AvgIpc) is 2.74. The van der Waals surface area contributed by atoms with Gasteiger partial charge in [0.25, 0.3) is 0 Å². The van der Waals surface area contributed by atoms with Crippen LogP contribution in [0.25, 0.3) is 0 Å². The number of ether oxygens (including phenoxy) is 1. The summed E-state index contributed by atoms with van der Waals surface area (Å²) in [7, 11) is 1.35. The molecule has 1 aromatic heterocycles. The number of carbonyl (C=O) groups is 1. The molecule has 4 nitrogen and oxygen atoms in total. The van der Waals surface area contributed by atoms with Gasteiger partial charge in [-0.25, -0.2) is 4.79 Å². The molecule has 0 aliphatic heterocycles. The fourth-order valence-electron chi connectivity index (χ4n) is 1.57. The van der Waals surface area contributed by atoms with Gasteiger partial charge in [-0.1, -0.05) is 13.3 Å². The van der Waals surface area contributed by atoms with Crippen LogP contribution in [0.3, 0.4) is 0 Å². The van der Waals surface area contributed by atoms with Crippen LogP contribution in [0, 0.1) is 0 Å². The Morgan fingerprint density at radius 1 is 1.62 bits per heavy atom. The van der Waals surface area contributed by atoms with Crippen LogP contribution in [-0.4, -0.2) is 19.1 Å². The summed E-state index contributed by atoms with van der Waals surface area (Å²) in [4.78, 5) is 11.3. The second-order valence-corrected chi connectivity index (χ2v) is 3.84. The van der Waals surface area contributed by atoms with Gasteiger partial charge in [0.05, 0.1) is 13.4 Å². The Morgan fingerprint density at radius 3 is 3.00 bits per heavy atom. The van der Waals surface area contributed by atoms with Gasteiger partial charge >= 0.3 is 5.97 Å². The summed E-state index contributed by atoms with van der Waals surface area (Å²) in [5.41, 5.74) is 0.842. The number of esters is 1. The number of carbonyl (C=O) groups excluding carboxylic acids is 1. The van der Waals surface area contributed by atoms with E-state index >= 15 is 0 Å². The van der Waals surface area contributed by atoms with Gasteiger partial charge < -0.3 is 14.5 Å². The second kappa shape index (κ2) is 6.33. The summed E-state index contributed by atoms with van der Waals surface area (Å²) in [5, 5.41) is 3.34. The highest BCUT2D eigenvalue weighted by Crippen LogP contribution is 2.12. The van der Waals surface area contributed by atoms with E-state index in [-0.39, 0.29) is 0 Å². The second-order valence-electron chi connectivity index (χ2n) is 3.84. The van der Waals surface area contributed by atoms with E-state index in [4.69, 9.17) is 4.42 Å². The summed E-state index contributed by atoms with van der Waals surface area (Å²) in [6.45, 7) is 4.90. The predicted octanol–water partition coefficient (Wildman–Crippen LogP) is 2.34. The quantitative estimate of drug-likeness (QED) is 0.755. The van der Waals surface area contributed by atoms with Gasteiger partial charge in [0.1, 0.15) is 0 Å². The Morgan fingerprint density at radius 2 is 2.38 bits per heavy atom. The van der Waals surface area contributed by atoms with Crippen LogP contribution in [0.5, 0.6) is 0 Å². The lowest BCUT2D eigenvalue weighted by Gasteiger charge is -2.11. The third kappa shape index (κ3) is 3.38. The first-order chi connectivity index (χ1) is 7.69. The van der Waals surface area contributed by atoms with E-state index < -0.39 is 5.97 Å². The molecule has 0 radical (unpaired) electrons. The average molecular weight is 225 g/mol. The van der Waals surface area contributed by atoms with Crippen LogP contribution >= 0.6 is 0 Å². The summed E-state index contributed by atoms with van der Waals surface area (Å²) in [6, 6.07) is 2.23. The SMILES string of the molecule is CCCC(C)NCc1ccoc1C(=O)OC. The minimum atomic E-state index is -0.426. The minimum absolute atomic E-state index is 0.290. The van der Waals surface area contributed by atoms with Crippen LogP contribution in [0.15, 0.2) is 16.7 Å². The molecule has 0 saturated heterocycles. The van der Waals surface area contributed by atoms with Gasteiger partial charge in [-0.3, -0.25) is 0 Å². The Labute approximate surface area is 96.0 Å². The van der Waals surface area contributed by atoms with Crippen LogP contribution in [0.4, 0.5) is 0 Å². The van der Waals surface area contributed by atoms with Crippen molar-refractivity contribution in [3.05, 3.63) is 23.7 Å². The number of rotatable bonds is 6. The van der Waals surface area contributed by atoms with Crippen molar-refractivity contribution in [3.8, 4) is 0 Å². The van der Waals surface area contributed by atoms with Crippen LogP contribution in [0.2, 0.25) is 0 Å². The number of hydrogen-bond acceptors (Lipinski definition) is 4. The molecular formula is C12H19NO3. The third-order valence-corrected chi connectivity index (χ3v) is 2.48. The molecule has 0 aliphatic carbocycles. The van der Waals surface area contributed by atoms with Crippen molar-refractivity contribution in [2.24, 2.45) is 0 Å². The smallest absolute Gasteiger partial charge is 0.374 e. The van der Waals surface area contributed by atoms with E-state index in [9.17, 15) is 4.79 Å². The summed E-state index contributed by atoms with van der Waals surface area (Å²) in [5.74, 6) is -0.136. The Kier molecular flexibility index (Phi) is 5.05. The molecule has 1 unspecified atom stereocenters. The van der Waals surface area contributed by atoms with Gasteiger partial charge in [-0.2, -0.15) is 0 Å². The lowest BCUT2D eigenvalue weighted by Crippen LogP contribution is -2.25. The summed E-state index contributed by atoms with van der Waals surface area (Å²) >= 11 is 0. The molecule has 0 saturated carbocycles. The topological polar surface area (TPSA) is 51.5 Å². The standard InChI is InChI=1S/C12H19NO3/c1-4-5-9(2)13-8-10-6-7-16-11(10)12(14)15-3/h6-7,9,13H,4-5,8H2,1-3H3. The molecule has 0 aliphatic rings. The first-order valence-electron chi connectivity index (χ1n) is 5.57. The zero-order chi connectivity index (χ0) is 12.0. The van der Waals surface area contributed by atoms with E-state index in [0.29, 0.717) is 18.3 Å². The number of methoxy groups -OCH3 is 1.